The molecule has 0 bridgehead atoms. The molecule has 2 amide bonds. The molecule has 2 aromatic heterocycles. The molecular weight excluding hydrogens is 465 g/mol. The number of carbonyl (C=O) groups is 1. The molecule has 1 aromatic carbocycles. The molecule has 1 fully saturated rings. The van der Waals surface area contributed by atoms with Gasteiger partial charge in [0.2, 0.25) is 5.82 Å². The van der Waals surface area contributed by atoms with Crippen molar-refractivity contribution in [3.8, 4) is 11.5 Å². The first kappa shape index (κ1) is 23.7. The number of hydrogen-bond donors (Lipinski definition) is 3. The van der Waals surface area contributed by atoms with Crippen LogP contribution in [0.5, 0.6) is 11.5 Å². The van der Waals surface area contributed by atoms with Crippen molar-refractivity contribution >= 4 is 22.8 Å². The summed E-state index contributed by atoms with van der Waals surface area (Å²) in [5.41, 5.74) is -1.64. The van der Waals surface area contributed by atoms with Crippen LogP contribution in [-0.4, -0.2) is 60.3 Å². The van der Waals surface area contributed by atoms with Gasteiger partial charge in [-0.05, 0) is 18.2 Å². The van der Waals surface area contributed by atoms with E-state index in [2.05, 4.69) is 25.5 Å². The maximum Gasteiger partial charge on any atom is 0.418 e. The molecule has 182 valence electrons. The second kappa shape index (κ2) is 9.81. The second-order valence-corrected chi connectivity index (χ2v) is 7.41. The van der Waals surface area contributed by atoms with Crippen molar-refractivity contribution in [1.82, 2.24) is 20.2 Å². The lowest BCUT2D eigenvalue weighted by atomic mass is 10.2. The van der Waals surface area contributed by atoms with Gasteiger partial charge in [-0.15, -0.1) is 0 Å². The summed E-state index contributed by atoms with van der Waals surface area (Å²) in [7, 11) is 0. The van der Waals surface area contributed by atoms with E-state index in [-0.39, 0.29) is 17.9 Å². The number of anilines is 1. The Bertz CT molecular complexity index is 1180. The van der Waals surface area contributed by atoms with E-state index >= 15 is 0 Å². The molecule has 4 rings (SSSR count). The lowest BCUT2D eigenvalue weighted by Gasteiger charge is -2.26. The van der Waals surface area contributed by atoms with Gasteiger partial charge in [-0.2, -0.15) is 17.6 Å². The predicted octanol–water partition coefficient (Wildman–Crippen LogP) is 4.11. The van der Waals surface area contributed by atoms with Crippen LogP contribution in [0, 0.1) is 11.6 Å². The molecule has 0 radical (unpaired) electrons. The number of morpholine rings is 1. The zero-order chi connectivity index (χ0) is 24.3. The lowest BCUT2D eigenvalue weighted by Crippen LogP contribution is -2.42. The van der Waals surface area contributed by atoms with Gasteiger partial charge in [-0.25, -0.2) is 14.2 Å². The molecule has 1 aliphatic rings. The van der Waals surface area contributed by atoms with Gasteiger partial charge in [-0.3, -0.25) is 4.90 Å². The van der Waals surface area contributed by atoms with Gasteiger partial charge in [0.15, 0.2) is 11.6 Å². The third-order valence-electron chi connectivity index (χ3n) is 5.17. The van der Waals surface area contributed by atoms with Crippen molar-refractivity contribution in [3.63, 3.8) is 0 Å². The monoisotopic (exact) mass is 485 g/mol. The van der Waals surface area contributed by atoms with E-state index in [0.717, 1.165) is 31.3 Å². The molecule has 0 saturated carbocycles. The number of H-pyrrole nitrogens is 1. The molecule has 3 N–H and O–H groups in total. The number of aromatic nitrogens is 2. The minimum atomic E-state index is -4.72. The normalized spacial score (nSPS) is 14.9. The average molecular weight is 485 g/mol. The van der Waals surface area contributed by atoms with Crippen LogP contribution in [0.2, 0.25) is 0 Å². The van der Waals surface area contributed by atoms with Gasteiger partial charge in [-0.1, -0.05) is 0 Å². The second-order valence-electron chi connectivity index (χ2n) is 7.41. The van der Waals surface area contributed by atoms with Crippen LogP contribution in [0.1, 0.15) is 5.56 Å². The quantitative estimate of drug-likeness (QED) is 0.458. The zero-order valence-corrected chi connectivity index (χ0v) is 17.6. The molecule has 8 nitrogen and oxygen atoms in total. The fraction of sp³-hybridized carbons (Fsp3) is 0.333. The van der Waals surface area contributed by atoms with Crippen molar-refractivity contribution in [2.45, 2.75) is 6.18 Å². The van der Waals surface area contributed by atoms with Crippen LogP contribution in [-0.2, 0) is 10.9 Å². The highest BCUT2D eigenvalue weighted by Crippen LogP contribution is 2.40. The predicted molar refractivity (Wildman–Crippen MR) is 112 cm³/mol. The minimum Gasteiger partial charge on any atom is -0.453 e. The van der Waals surface area contributed by atoms with Gasteiger partial charge in [0.25, 0.3) is 0 Å². The van der Waals surface area contributed by atoms with Crippen molar-refractivity contribution < 1.29 is 36.2 Å². The van der Waals surface area contributed by atoms with Gasteiger partial charge in [0.05, 0.1) is 29.9 Å². The molecule has 13 heteroatoms. The largest absolute Gasteiger partial charge is 0.453 e. The van der Waals surface area contributed by atoms with Crippen LogP contribution >= 0.6 is 0 Å². The fourth-order valence-corrected chi connectivity index (χ4v) is 3.48. The number of aromatic amines is 1. The minimum absolute atomic E-state index is 0.127. The summed E-state index contributed by atoms with van der Waals surface area (Å²) in [5, 5.41) is 4.33. The number of benzene rings is 1. The summed E-state index contributed by atoms with van der Waals surface area (Å²) >= 11 is 0. The Balaban J connectivity index is 1.45. The number of rotatable bonds is 6. The molecule has 0 atom stereocenters. The molecule has 3 aromatic rings. The first-order valence-electron chi connectivity index (χ1n) is 10.3. The van der Waals surface area contributed by atoms with E-state index in [4.69, 9.17) is 9.47 Å². The number of halogens is 5. The van der Waals surface area contributed by atoms with E-state index in [0.29, 0.717) is 26.0 Å². The van der Waals surface area contributed by atoms with E-state index in [1.54, 1.807) is 0 Å². The molecule has 0 unspecified atom stereocenters. The van der Waals surface area contributed by atoms with Gasteiger partial charge >= 0.3 is 12.2 Å². The number of fused-ring (bicyclic) bond motifs is 1. The summed E-state index contributed by atoms with van der Waals surface area (Å²) in [5.74, 6) is -3.91. The first-order chi connectivity index (χ1) is 16.2. The molecule has 0 aliphatic carbocycles. The number of ether oxygens (including phenoxy) is 2. The molecule has 1 saturated heterocycles. The van der Waals surface area contributed by atoms with Crippen molar-refractivity contribution in [1.29, 1.82) is 0 Å². The zero-order valence-electron chi connectivity index (χ0n) is 17.6. The molecular formula is C21H20F5N5O3. The molecule has 34 heavy (non-hydrogen) atoms. The lowest BCUT2D eigenvalue weighted by molar-refractivity contribution is -0.136. The SMILES string of the molecule is O=C(NCCN1CCOCC1)Nc1ccc(Oc2ccnc3[nH]cc(C(F)(F)F)c23)c(F)c1F. The van der Waals surface area contributed by atoms with Crippen molar-refractivity contribution in [2.75, 3.05) is 44.7 Å². The summed E-state index contributed by atoms with van der Waals surface area (Å²) in [6.45, 7) is 3.55. The van der Waals surface area contributed by atoms with Gasteiger partial charge in [0.1, 0.15) is 11.4 Å². The number of pyridine rings is 1. The molecule has 0 spiro atoms. The number of hydrogen-bond acceptors (Lipinski definition) is 5. The summed E-state index contributed by atoms with van der Waals surface area (Å²) in [6, 6.07) is 2.43. The number of nitrogens with zero attached hydrogens (tertiary/aromatic N) is 2. The number of nitrogens with one attached hydrogen (secondary N) is 3. The Morgan fingerprint density at radius 1 is 1.15 bits per heavy atom. The number of urea groups is 1. The third-order valence-corrected chi connectivity index (χ3v) is 5.17. The fourth-order valence-electron chi connectivity index (χ4n) is 3.48. The maximum atomic E-state index is 14.6. The van der Waals surface area contributed by atoms with Crippen LogP contribution in [0.3, 0.4) is 0 Å². The average Bonchev–Trinajstić information content (AvgIpc) is 3.25. The first-order valence-corrected chi connectivity index (χ1v) is 10.3. The summed E-state index contributed by atoms with van der Waals surface area (Å²) in [4.78, 5) is 20.3. The Morgan fingerprint density at radius 3 is 2.65 bits per heavy atom. The van der Waals surface area contributed by atoms with Gasteiger partial charge in [0, 0.05) is 38.6 Å². The number of amides is 2. The Labute approximate surface area is 190 Å². The summed E-state index contributed by atoms with van der Waals surface area (Å²) in [6.07, 6.45) is -2.84. The van der Waals surface area contributed by atoms with Crippen molar-refractivity contribution in [3.05, 3.63) is 47.8 Å². The molecule has 1 aliphatic heterocycles. The van der Waals surface area contributed by atoms with E-state index in [9.17, 15) is 26.7 Å². The Morgan fingerprint density at radius 2 is 1.91 bits per heavy atom. The maximum absolute atomic E-state index is 14.6. The van der Waals surface area contributed by atoms with E-state index < -0.39 is 46.2 Å². The standard InChI is InChI=1S/C21H20F5N5O3/c22-17-13(30-20(32)28-5-6-31-7-9-33-10-8-31)1-2-15(18(17)23)34-14-3-4-27-19-16(14)12(11-29-19)21(24,25)26/h1-4,11H,5-10H2,(H,27,29)(H2,28,30,32). The van der Waals surface area contributed by atoms with E-state index in [1.165, 1.54) is 6.20 Å². The Kier molecular flexibility index (Phi) is 6.84. The van der Waals surface area contributed by atoms with Crippen LogP contribution < -0.4 is 15.4 Å². The van der Waals surface area contributed by atoms with Crippen molar-refractivity contribution in [2.24, 2.45) is 0 Å². The Hall–Kier alpha value is -3.45. The highest BCUT2D eigenvalue weighted by molar-refractivity contribution is 5.89. The van der Waals surface area contributed by atoms with Crippen LogP contribution in [0.25, 0.3) is 11.0 Å². The van der Waals surface area contributed by atoms with Crippen LogP contribution in [0.4, 0.5) is 32.4 Å². The number of alkyl halides is 3. The van der Waals surface area contributed by atoms with Gasteiger partial charge < -0.3 is 25.1 Å². The topological polar surface area (TPSA) is 91.5 Å². The highest BCUT2D eigenvalue weighted by Gasteiger charge is 2.35. The molecule has 3 heterocycles. The van der Waals surface area contributed by atoms with Crippen LogP contribution in [0.15, 0.2) is 30.6 Å². The highest BCUT2D eigenvalue weighted by atomic mass is 19.4. The van der Waals surface area contributed by atoms with E-state index in [1.807, 2.05) is 0 Å². The number of carbonyl (C=O) groups excluding carboxylic acids is 1. The summed E-state index contributed by atoms with van der Waals surface area (Å²) < 4.78 is 79.5. The third kappa shape index (κ3) is 5.20. The smallest absolute Gasteiger partial charge is 0.418 e.